The summed E-state index contributed by atoms with van der Waals surface area (Å²) in [4.78, 5) is 15.2. The molecule has 6 heteroatoms. The number of benzene rings is 2. The highest BCUT2D eigenvalue weighted by molar-refractivity contribution is 6.42. The average molecular weight is 418 g/mol. The molecule has 0 unspecified atom stereocenters. The van der Waals surface area contributed by atoms with Crippen molar-refractivity contribution in [2.45, 2.75) is 27.3 Å². The summed E-state index contributed by atoms with van der Waals surface area (Å²) in [6, 6.07) is 7.15. The van der Waals surface area contributed by atoms with Gasteiger partial charge in [-0.1, -0.05) is 43.1 Å². The van der Waals surface area contributed by atoms with Crippen molar-refractivity contribution < 1.29 is 14.3 Å². The van der Waals surface area contributed by atoms with Crippen molar-refractivity contribution in [1.29, 1.82) is 0 Å². The number of rotatable bonds is 3. The van der Waals surface area contributed by atoms with Crippen LogP contribution >= 0.6 is 23.2 Å². The maximum atomic E-state index is 13.0. The molecular weight excluding hydrogens is 397 g/mol. The van der Waals surface area contributed by atoms with Crippen LogP contribution in [0.4, 0.5) is 0 Å². The van der Waals surface area contributed by atoms with E-state index >= 15 is 0 Å². The second kappa shape index (κ2) is 7.43. The Kier molecular flexibility index (Phi) is 5.13. The number of nitrogens with zero attached hydrogens (tertiary/aromatic N) is 1. The molecule has 0 spiro atoms. The molecule has 4 nitrogen and oxygen atoms in total. The number of halogens is 2. The Morgan fingerprint density at radius 2 is 2.00 bits per heavy atom. The molecule has 0 aromatic heterocycles. The lowest BCUT2D eigenvalue weighted by Crippen LogP contribution is -2.35. The van der Waals surface area contributed by atoms with Gasteiger partial charge in [0.25, 0.3) is 0 Å². The van der Waals surface area contributed by atoms with Gasteiger partial charge in [0.05, 0.1) is 21.2 Å². The number of hydrogen-bond acceptors (Lipinski definition) is 4. The van der Waals surface area contributed by atoms with Gasteiger partial charge in [0.2, 0.25) is 5.78 Å². The van der Waals surface area contributed by atoms with Gasteiger partial charge in [0.15, 0.2) is 5.76 Å². The molecule has 0 radical (unpaired) electrons. The minimum Gasteiger partial charge on any atom is -0.478 e. The van der Waals surface area contributed by atoms with Crippen LogP contribution < -0.4 is 9.47 Å². The van der Waals surface area contributed by atoms with Gasteiger partial charge in [-0.25, -0.2) is 0 Å². The van der Waals surface area contributed by atoms with Gasteiger partial charge in [-0.15, -0.1) is 0 Å². The zero-order valence-corrected chi connectivity index (χ0v) is 17.5. The van der Waals surface area contributed by atoms with Gasteiger partial charge in [0.1, 0.15) is 18.2 Å². The van der Waals surface area contributed by atoms with Crippen molar-refractivity contribution in [3.05, 3.63) is 62.3 Å². The predicted octanol–water partition coefficient (Wildman–Crippen LogP) is 5.73. The minimum atomic E-state index is -0.123. The fraction of sp³-hybridized carbons (Fsp3) is 0.318. The molecule has 0 bridgehead atoms. The van der Waals surface area contributed by atoms with E-state index in [1.54, 1.807) is 24.3 Å². The summed E-state index contributed by atoms with van der Waals surface area (Å²) in [6.07, 6.45) is 1.70. The molecule has 146 valence electrons. The predicted molar refractivity (Wildman–Crippen MR) is 111 cm³/mol. The maximum Gasteiger partial charge on any atom is 0.232 e. The Balaban J connectivity index is 1.71. The number of hydrogen-bond donors (Lipinski definition) is 0. The molecule has 0 amide bonds. The third kappa shape index (κ3) is 3.52. The van der Waals surface area contributed by atoms with Gasteiger partial charge < -0.3 is 9.47 Å². The van der Waals surface area contributed by atoms with Crippen molar-refractivity contribution in [3.63, 3.8) is 0 Å². The third-order valence-electron chi connectivity index (χ3n) is 4.85. The molecule has 0 saturated carbocycles. The number of allylic oxidation sites excluding steroid dienone is 1. The summed E-state index contributed by atoms with van der Waals surface area (Å²) in [6.45, 7) is 8.42. The largest absolute Gasteiger partial charge is 0.478 e. The summed E-state index contributed by atoms with van der Waals surface area (Å²) in [7, 11) is 0. The van der Waals surface area contributed by atoms with Gasteiger partial charge in [0, 0.05) is 13.1 Å². The highest BCUT2D eigenvalue weighted by atomic mass is 35.5. The van der Waals surface area contributed by atoms with E-state index in [0.29, 0.717) is 40.6 Å². The molecule has 0 saturated heterocycles. The van der Waals surface area contributed by atoms with E-state index in [1.807, 2.05) is 13.0 Å². The molecule has 2 aromatic carbocycles. The second-order valence-electron chi connectivity index (χ2n) is 7.67. The van der Waals surface area contributed by atoms with Crippen LogP contribution in [0.1, 0.15) is 40.9 Å². The number of ether oxygens (including phenoxy) is 2. The molecule has 28 heavy (non-hydrogen) atoms. The summed E-state index contributed by atoms with van der Waals surface area (Å²) in [5, 5.41) is 0.906. The van der Waals surface area contributed by atoms with E-state index in [0.717, 1.165) is 29.0 Å². The first kappa shape index (κ1) is 19.3. The molecule has 2 aromatic rings. The summed E-state index contributed by atoms with van der Waals surface area (Å²) < 4.78 is 12.0. The van der Waals surface area contributed by atoms with Crippen molar-refractivity contribution in [2.24, 2.45) is 5.92 Å². The average Bonchev–Trinajstić information content (AvgIpc) is 2.96. The number of fused-ring (bicyclic) bond motifs is 3. The number of carbonyl (C=O) groups excluding carboxylic acids is 1. The molecule has 2 aliphatic heterocycles. The topological polar surface area (TPSA) is 38.8 Å². The molecule has 2 aliphatic rings. The van der Waals surface area contributed by atoms with Crippen LogP contribution in [0.3, 0.4) is 0 Å². The van der Waals surface area contributed by atoms with Crippen molar-refractivity contribution in [3.8, 4) is 11.5 Å². The Labute approximate surface area is 174 Å². The van der Waals surface area contributed by atoms with Crippen LogP contribution in [0.25, 0.3) is 6.08 Å². The summed E-state index contributed by atoms with van der Waals surface area (Å²) in [5.41, 5.74) is 3.15. The van der Waals surface area contributed by atoms with Crippen molar-refractivity contribution >= 4 is 35.1 Å². The van der Waals surface area contributed by atoms with Crippen molar-refractivity contribution in [2.75, 3.05) is 13.3 Å². The maximum absolute atomic E-state index is 13.0. The highest BCUT2D eigenvalue weighted by Crippen LogP contribution is 2.44. The lowest BCUT2D eigenvalue weighted by atomic mass is 9.98. The lowest BCUT2D eigenvalue weighted by molar-refractivity contribution is 0.0831. The highest BCUT2D eigenvalue weighted by Gasteiger charge is 2.35. The van der Waals surface area contributed by atoms with Crippen LogP contribution in [-0.2, 0) is 6.54 Å². The number of ketones is 1. The first-order valence-electron chi connectivity index (χ1n) is 9.24. The minimum absolute atomic E-state index is 0.123. The zero-order valence-electron chi connectivity index (χ0n) is 16.0. The van der Waals surface area contributed by atoms with E-state index in [9.17, 15) is 4.79 Å². The lowest BCUT2D eigenvalue weighted by Gasteiger charge is -2.31. The molecule has 0 atom stereocenters. The Morgan fingerprint density at radius 1 is 1.21 bits per heavy atom. The fourth-order valence-corrected chi connectivity index (χ4v) is 3.97. The van der Waals surface area contributed by atoms with E-state index in [2.05, 4.69) is 18.7 Å². The molecule has 2 heterocycles. The first-order chi connectivity index (χ1) is 13.3. The van der Waals surface area contributed by atoms with Gasteiger partial charge in [-0.05, 0) is 48.2 Å². The van der Waals surface area contributed by atoms with Crippen LogP contribution in [-0.4, -0.2) is 24.0 Å². The van der Waals surface area contributed by atoms with Gasteiger partial charge in [-0.3, -0.25) is 9.69 Å². The monoisotopic (exact) mass is 417 g/mol. The van der Waals surface area contributed by atoms with E-state index in [-0.39, 0.29) is 11.5 Å². The normalized spacial score (nSPS) is 17.5. The van der Waals surface area contributed by atoms with Crippen LogP contribution in [0.15, 0.2) is 30.0 Å². The second-order valence-corrected chi connectivity index (χ2v) is 8.48. The van der Waals surface area contributed by atoms with Gasteiger partial charge in [-0.2, -0.15) is 0 Å². The zero-order chi connectivity index (χ0) is 20.0. The van der Waals surface area contributed by atoms with E-state index in [1.165, 1.54) is 0 Å². The SMILES string of the molecule is Cc1cc2c(c3c1C(=O)/C(=C/c1ccc(Cl)c(Cl)c1)O3)CN(CC(C)C)CO2. The first-order valence-corrected chi connectivity index (χ1v) is 10.00. The van der Waals surface area contributed by atoms with Crippen LogP contribution in [0.5, 0.6) is 11.5 Å². The molecule has 0 fully saturated rings. The number of aryl methyl sites for hydroxylation is 1. The standard InChI is InChI=1S/C22H21Cl2NO3/c1-12(2)9-25-10-15-18(27-11-25)6-13(3)20-21(26)19(28-22(15)20)8-14-4-5-16(23)17(24)7-14/h4-8,12H,9-11H2,1-3H3/b19-8-. The Morgan fingerprint density at radius 3 is 2.71 bits per heavy atom. The molecule has 0 aliphatic carbocycles. The smallest absolute Gasteiger partial charge is 0.232 e. The quantitative estimate of drug-likeness (QED) is 0.597. The Bertz CT molecular complexity index is 998. The van der Waals surface area contributed by atoms with Crippen LogP contribution in [0.2, 0.25) is 10.0 Å². The molecular formula is C22H21Cl2NO3. The van der Waals surface area contributed by atoms with Crippen molar-refractivity contribution in [1.82, 2.24) is 4.90 Å². The Hall–Kier alpha value is -2.01. The summed E-state index contributed by atoms with van der Waals surface area (Å²) in [5.74, 6) is 2.09. The van der Waals surface area contributed by atoms with Gasteiger partial charge >= 0.3 is 0 Å². The molecule has 0 N–H and O–H groups in total. The fourth-order valence-electron chi connectivity index (χ4n) is 3.66. The number of carbonyl (C=O) groups is 1. The number of Topliss-reactive ketones (excluding diaryl/α,β-unsaturated/α-hetero) is 1. The van der Waals surface area contributed by atoms with E-state index in [4.69, 9.17) is 32.7 Å². The van der Waals surface area contributed by atoms with E-state index < -0.39 is 0 Å². The summed E-state index contributed by atoms with van der Waals surface area (Å²) >= 11 is 12.1. The third-order valence-corrected chi connectivity index (χ3v) is 5.59. The van der Waals surface area contributed by atoms with Crippen LogP contribution in [0, 0.1) is 12.8 Å². The molecule has 4 rings (SSSR count).